The zero-order valence-corrected chi connectivity index (χ0v) is 14.1. The van der Waals surface area contributed by atoms with E-state index in [4.69, 9.17) is 23.2 Å². The fourth-order valence-electron chi connectivity index (χ4n) is 2.71. The minimum absolute atomic E-state index is 0.579. The van der Waals surface area contributed by atoms with Crippen LogP contribution < -0.4 is 0 Å². The van der Waals surface area contributed by atoms with E-state index >= 15 is 0 Å². The quantitative estimate of drug-likeness (QED) is 0.615. The van der Waals surface area contributed by atoms with Gasteiger partial charge in [-0.05, 0) is 47.4 Å². The molecule has 0 bridgehead atoms. The molecule has 0 aliphatic carbocycles. The maximum atomic E-state index is 11.6. The van der Waals surface area contributed by atoms with Crippen molar-refractivity contribution in [1.82, 2.24) is 0 Å². The molecule has 1 unspecified atom stereocenters. The molecule has 23 heavy (non-hydrogen) atoms. The molecule has 0 amide bonds. The van der Waals surface area contributed by atoms with E-state index in [9.17, 15) is 5.11 Å². The Balaban J connectivity index is 2.28. The molecule has 3 aromatic carbocycles. The Bertz CT molecular complexity index is 830. The van der Waals surface area contributed by atoms with Gasteiger partial charge in [0, 0.05) is 10.0 Å². The van der Waals surface area contributed by atoms with E-state index in [0.29, 0.717) is 21.2 Å². The lowest BCUT2D eigenvalue weighted by molar-refractivity contribution is 0.125. The number of aryl methyl sites for hydroxylation is 1. The average Bonchev–Trinajstić information content (AvgIpc) is 2.57. The van der Waals surface area contributed by atoms with Crippen molar-refractivity contribution in [2.45, 2.75) is 12.5 Å². The van der Waals surface area contributed by atoms with Gasteiger partial charge in [0.05, 0.1) is 0 Å². The molecule has 0 heterocycles. The van der Waals surface area contributed by atoms with Crippen LogP contribution in [0.3, 0.4) is 0 Å². The first kappa shape index (κ1) is 16.1. The van der Waals surface area contributed by atoms with Gasteiger partial charge in [0.1, 0.15) is 5.60 Å². The van der Waals surface area contributed by atoms with Crippen LogP contribution >= 0.6 is 23.2 Å². The molecule has 3 heteroatoms. The van der Waals surface area contributed by atoms with Crippen molar-refractivity contribution in [3.63, 3.8) is 0 Å². The second-order valence-corrected chi connectivity index (χ2v) is 6.39. The van der Waals surface area contributed by atoms with Crippen molar-refractivity contribution >= 4 is 23.2 Å². The number of aliphatic hydroxyl groups is 1. The van der Waals surface area contributed by atoms with Crippen LogP contribution in [0.5, 0.6) is 0 Å². The highest BCUT2D eigenvalue weighted by atomic mass is 35.5. The second kappa shape index (κ2) is 6.37. The highest BCUT2D eigenvalue weighted by Crippen LogP contribution is 2.38. The van der Waals surface area contributed by atoms with Crippen molar-refractivity contribution in [1.29, 1.82) is 0 Å². The highest BCUT2D eigenvalue weighted by Gasteiger charge is 2.34. The maximum absolute atomic E-state index is 11.6. The highest BCUT2D eigenvalue weighted by molar-refractivity contribution is 6.31. The van der Waals surface area contributed by atoms with Crippen molar-refractivity contribution in [2.75, 3.05) is 0 Å². The largest absolute Gasteiger partial charge is 0.376 e. The van der Waals surface area contributed by atoms with Gasteiger partial charge in [-0.3, -0.25) is 0 Å². The normalized spacial score (nSPS) is 13.6. The molecule has 0 aromatic heterocycles. The van der Waals surface area contributed by atoms with Gasteiger partial charge < -0.3 is 5.11 Å². The molecule has 1 nitrogen and oxygen atoms in total. The minimum atomic E-state index is -1.32. The van der Waals surface area contributed by atoms with Crippen molar-refractivity contribution < 1.29 is 5.11 Å². The summed E-state index contributed by atoms with van der Waals surface area (Å²) in [7, 11) is 0. The Hall–Kier alpha value is -1.80. The second-order valence-electron chi connectivity index (χ2n) is 5.55. The van der Waals surface area contributed by atoms with Crippen LogP contribution in [0.25, 0.3) is 0 Å². The molecule has 0 aliphatic heterocycles. The summed E-state index contributed by atoms with van der Waals surface area (Å²) in [5, 5.41) is 12.9. The van der Waals surface area contributed by atoms with Gasteiger partial charge in [-0.15, -0.1) is 0 Å². The molecule has 1 N–H and O–H groups in total. The van der Waals surface area contributed by atoms with Gasteiger partial charge in [0.15, 0.2) is 0 Å². The SMILES string of the molecule is Cc1ccc(C(O)(c2ccccc2)c2cccc(Cl)c2)cc1Cl. The van der Waals surface area contributed by atoms with Crippen LogP contribution in [-0.2, 0) is 5.60 Å². The number of hydrogen-bond acceptors (Lipinski definition) is 1. The minimum Gasteiger partial charge on any atom is -0.376 e. The Morgan fingerprint density at radius 2 is 1.39 bits per heavy atom. The van der Waals surface area contributed by atoms with Crippen LogP contribution in [0, 0.1) is 6.92 Å². The molecule has 0 aliphatic rings. The predicted molar refractivity (Wildman–Crippen MR) is 96.2 cm³/mol. The predicted octanol–water partition coefficient (Wildman–Crippen LogP) is 5.59. The summed E-state index contributed by atoms with van der Waals surface area (Å²) in [6, 6.07) is 22.4. The summed E-state index contributed by atoms with van der Waals surface area (Å²) in [5.74, 6) is 0. The number of halogens is 2. The first-order valence-corrected chi connectivity index (χ1v) is 8.08. The van der Waals surface area contributed by atoms with Crippen LogP contribution in [0.4, 0.5) is 0 Å². The smallest absolute Gasteiger partial charge is 0.140 e. The third kappa shape index (κ3) is 3.00. The van der Waals surface area contributed by atoms with Crippen LogP contribution in [0.15, 0.2) is 72.8 Å². The van der Waals surface area contributed by atoms with Gasteiger partial charge in [-0.2, -0.15) is 0 Å². The molecule has 0 radical (unpaired) electrons. The number of benzene rings is 3. The molecule has 0 fully saturated rings. The van der Waals surface area contributed by atoms with Gasteiger partial charge in [0.25, 0.3) is 0 Å². The summed E-state index contributed by atoms with van der Waals surface area (Å²) in [4.78, 5) is 0. The fourth-order valence-corrected chi connectivity index (χ4v) is 3.08. The Morgan fingerprint density at radius 1 is 0.739 bits per heavy atom. The van der Waals surface area contributed by atoms with Crippen molar-refractivity contribution in [2.24, 2.45) is 0 Å². The molecule has 3 rings (SSSR count). The third-order valence-electron chi connectivity index (χ3n) is 4.02. The lowest BCUT2D eigenvalue weighted by atomic mass is 9.80. The van der Waals surface area contributed by atoms with Gasteiger partial charge in [0.2, 0.25) is 0 Å². The average molecular weight is 343 g/mol. The molecular weight excluding hydrogens is 327 g/mol. The molecule has 0 spiro atoms. The Morgan fingerprint density at radius 3 is 2.04 bits per heavy atom. The van der Waals surface area contributed by atoms with E-state index in [0.717, 1.165) is 11.1 Å². The molecule has 0 saturated carbocycles. The zero-order chi connectivity index (χ0) is 16.4. The van der Waals surface area contributed by atoms with Gasteiger partial charge >= 0.3 is 0 Å². The fraction of sp³-hybridized carbons (Fsp3) is 0.100. The lowest BCUT2D eigenvalue weighted by Crippen LogP contribution is -2.28. The zero-order valence-electron chi connectivity index (χ0n) is 12.6. The molecule has 0 saturated heterocycles. The summed E-state index contributed by atoms with van der Waals surface area (Å²) in [5.41, 5.74) is 1.83. The molecule has 1 atom stereocenters. The van der Waals surface area contributed by atoms with E-state index < -0.39 is 5.60 Å². The van der Waals surface area contributed by atoms with Crippen molar-refractivity contribution in [3.05, 3.63) is 105 Å². The van der Waals surface area contributed by atoms with Gasteiger partial charge in [-0.25, -0.2) is 0 Å². The van der Waals surface area contributed by atoms with Crippen LogP contribution in [-0.4, -0.2) is 5.11 Å². The van der Waals surface area contributed by atoms with E-state index in [-0.39, 0.29) is 0 Å². The van der Waals surface area contributed by atoms with Crippen LogP contribution in [0.2, 0.25) is 10.0 Å². The summed E-state index contributed by atoms with van der Waals surface area (Å²) in [6.45, 7) is 1.94. The molecule has 116 valence electrons. The monoisotopic (exact) mass is 342 g/mol. The standard InChI is InChI=1S/C20H16Cl2O/c1-14-10-11-17(13-19(14)22)20(23,15-6-3-2-4-7-15)16-8-5-9-18(21)12-16/h2-13,23H,1H3. The Kier molecular flexibility index (Phi) is 4.45. The van der Waals surface area contributed by atoms with E-state index in [1.165, 1.54) is 0 Å². The van der Waals surface area contributed by atoms with E-state index in [1.54, 1.807) is 12.1 Å². The third-order valence-corrected chi connectivity index (χ3v) is 4.67. The first-order chi connectivity index (χ1) is 11.0. The van der Waals surface area contributed by atoms with E-state index in [2.05, 4.69) is 0 Å². The number of hydrogen-bond donors (Lipinski definition) is 1. The van der Waals surface area contributed by atoms with Crippen molar-refractivity contribution in [3.8, 4) is 0 Å². The topological polar surface area (TPSA) is 20.2 Å². The van der Waals surface area contributed by atoms with Gasteiger partial charge in [-0.1, -0.05) is 77.8 Å². The molecule has 3 aromatic rings. The number of rotatable bonds is 3. The summed E-state index contributed by atoms with van der Waals surface area (Å²) < 4.78 is 0. The molecular formula is C20H16Cl2O. The van der Waals surface area contributed by atoms with Crippen LogP contribution in [0.1, 0.15) is 22.3 Å². The summed E-state index contributed by atoms with van der Waals surface area (Å²) >= 11 is 12.4. The Labute approximate surface area is 146 Å². The maximum Gasteiger partial charge on any atom is 0.140 e. The first-order valence-electron chi connectivity index (χ1n) is 7.32. The van der Waals surface area contributed by atoms with E-state index in [1.807, 2.05) is 67.6 Å². The lowest BCUT2D eigenvalue weighted by Gasteiger charge is -2.30. The summed E-state index contributed by atoms with van der Waals surface area (Å²) in [6.07, 6.45) is 0.